The number of fused-ring (bicyclic) bond motifs is 1. The molecule has 2 heterocycles. The van der Waals surface area contributed by atoms with E-state index in [9.17, 15) is 4.79 Å². The number of aryl methyl sites for hydroxylation is 1. The number of anilines is 1. The van der Waals surface area contributed by atoms with Crippen LogP contribution >= 0.6 is 0 Å². The van der Waals surface area contributed by atoms with Crippen LogP contribution in [0.3, 0.4) is 0 Å². The number of pyridine rings is 1. The summed E-state index contributed by atoms with van der Waals surface area (Å²) in [5, 5.41) is 3.21. The molecule has 158 valence electrons. The van der Waals surface area contributed by atoms with Gasteiger partial charge in [-0.05, 0) is 31.5 Å². The molecule has 4 rings (SSSR count). The van der Waals surface area contributed by atoms with Crippen molar-refractivity contribution in [2.75, 3.05) is 18.5 Å². The van der Waals surface area contributed by atoms with Crippen molar-refractivity contribution in [1.29, 1.82) is 0 Å². The van der Waals surface area contributed by atoms with Gasteiger partial charge in [0, 0.05) is 11.8 Å². The largest absolute Gasteiger partial charge is 0.485 e. The highest BCUT2D eigenvalue weighted by molar-refractivity contribution is 5.82. The fourth-order valence-electron chi connectivity index (χ4n) is 3.34. The van der Waals surface area contributed by atoms with Gasteiger partial charge >= 0.3 is 5.97 Å². The third kappa shape index (κ3) is 4.69. The molecule has 0 atom stereocenters. The van der Waals surface area contributed by atoms with Crippen LogP contribution < -0.4 is 10.1 Å². The lowest BCUT2D eigenvalue weighted by molar-refractivity contribution is -0.140. The SMILES string of the molecule is CCOC(=O)CNc1c(-c2ccc(C)cc2)nc2c(OCc3ccccc3)cccn12. The first-order valence-electron chi connectivity index (χ1n) is 10.3. The van der Waals surface area contributed by atoms with Crippen LogP contribution in [0.5, 0.6) is 5.75 Å². The maximum absolute atomic E-state index is 12.0. The minimum atomic E-state index is -0.316. The Labute approximate surface area is 181 Å². The molecule has 31 heavy (non-hydrogen) atoms. The number of benzene rings is 2. The summed E-state index contributed by atoms with van der Waals surface area (Å²) >= 11 is 0. The Morgan fingerprint density at radius 2 is 1.81 bits per heavy atom. The van der Waals surface area contributed by atoms with Crippen LogP contribution in [0, 0.1) is 6.92 Å². The molecule has 4 aromatic rings. The molecule has 0 aliphatic rings. The topological polar surface area (TPSA) is 64.9 Å². The van der Waals surface area contributed by atoms with Crippen LogP contribution in [0.2, 0.25) is 0 Å². The van der Waals surface area contributed by atoms with E-state index in [0.717, 1.165) is 22.6 Å². The van der Waals surface area contributed by atoms with E-state index in [1.54, 1.807) is 6.92 Å². The van der Waals surface area contributed by atoms with Gasteiger partial charge in [-0.25, -0.2) is 4.98 Å². The highest BCUT2D eigenvalue weighted by atomic mass is 16.5. The number of imidazole rings is 1. The molecule has 6 nitrogen and oxygen atoms in total. The number of hydrogen-bond acceptors (Lipinski definition) is 5. The van der Waals surface area contributed by atoms with Crippen molar-refractivity contribution < 1.29 is 14.3 Å². The maximum atomic E-state index is 12.0. The summed E-state index contributed by atoms with van der Waals surface area (Å²) in [6, 6.07) is 21.9. The first-order valence-corrected chi connectivity index (χ1v) is 10.3. The molecule has 0 amide bonds. The van der Waals surface area contributed by atoms with Crippen LogP contribution in [-0.2, 0) is 16.1 Å². The molecular formula is C25H25N3O3. The Balaban J connectivity index is 1.72. The number of nitrogens with zero attached hydrogens (tertiary/aromatic N) is 2. The summed E-state index contributed by atoms with van der Waals surface area (Å²) in [6.07, 6.45) is 1.91. The number of nitrogens with one attached hydrogen (secondary N) is 1. The zero-order valence-electron chi connectivity index (χ0n) is 17.7. The van der Waals surface area contributed by atoms with Crippen LogP contribution in [0.25, 0.3) is 16.9 Å². The second kappa shape index (κ2) is 9.34. The van der Waals surface area contributed by atoms with Gasteiger partial charge in [0.1, 0.15) is 24.7 Å². The van der Waals surface area contributed by atoms with E-state index >= 15 is 0 Å². The molecular weight excluding hydrogens is 390 g/mol. The van der Waals surface area contributed by atoms with Crippen molar-refractivity contribution in [3.63, 3.8) is 0 Å². The molecule has 0 saturated heterocycles. The lowest BCUT2D eigenvalue weighted by atomic mass is 10.1. The quantitative estimate of drug-likeness (QED) is 0.416. The van der Waals surface area contributed by atoms with Crippen molar-refractivity contribution in [2.24, 2.45) is 0 Å². The molecule has 0 aliphatic carbocycles. The molecule has 2 aromatic carbocycles. The summed E-state index contributed by atoms with van der Waals surface area (Å²) in [4.78, 5) is 16.8. The Hall–Kier alpha value is -3.80. The van der Waals surface area contributed by atoms with Crippen LogP contribution in [0.4, 0.5) is 5.82 Å². The van der Waals surface area contributed by atoms with Gasteiger partial charge in [0.05, 0.1) is 6.61 Å². The minimum absolute atomic E-state index is 0.0512. The van der Waals surface area contributed by atoms with Gasteiger partial charge in [-0.15, -0.1) is 0 Å². The average Bonchev–Trinajstić information content (AvgIpc) is 3.17. The molecule has 0 saturated carbocycles. The minimum Gasteiger partial charge on any atom is -0.485 e. The van der Waals surface area contributed by atoms with Gasteiger partial charge in [0.2, 0.25) is 0 Å². The molecule has 0 bridgehead atoms. The van der Waals surface area contributed by atoms with Crippen molar-refractivity contribution >= 4 is 17.4 Å². The van der Waals surface area contributed by atoms with E-state index in [0.29, 0.717) is 24.6 Å². The van der Waals surface area contributed by atoms with E-state index in [2.05, 4.69) is 5.32 Å². The molecule has 0 fully saturated rings. The number of carbonyl (C=O) groups excluding carboxylic acids is 1. The molecule has 0 radical (unpaired) electrons. The fourth-order valence-corrected chi connectivity index (χ4v) is 3.34. The lowest BCUT2D eigenvalue weighted by Gasteiger charge is -2.10. The highest BCUT2D eigenvalue weighted by Crippen LogP contribution is 2.32. The van der Waals surface area contributed by atoms with E-state index in [4.69, 9.17) is 14.5 Å². The molecule has 0 aliphatic heterocycles. The number of esters is 1. The number of ether oxygens (including phenoxy) is 2. The number of aromatic nitrogens is 2. The van der Waals surface area contributed by atoms with Crippen molar-refractivity contribution in [3.8, 4) is 17.0 Å². The monoisotopic (exact) mass is 415 g/mol. The normalized spacial score (nSPS) is 10.8. The number of rotatable bonds is 8. The Bertz CT molecular complexity index is 1170. The predicted octanol–water partition coefficient (Wildman–Crippen LogP) is 4.86. The van der Waals surface area contributed by atoms with Crippen molar-refractivity contribution in [2.45, 2.75) is 20.5 Å². The molecule has 2 aromatic heterocycles. The van der Waals surface area contributed by atoms with E-state index in [-0.39, 0.29) is 12.5 Å². The van der Waals surface area contributed by atoms with Gasteiger partial charge in [-0.1, -0.05) is 60.2 Å². The molecule has 6 heteroatoms. The van der Waals surface area contributed by atoms with Crippen LogP contribution in [0.1, 0.15) is 18.1 Å². The Kier molecular flexibility index (Phi) is 6.17. The zero-order chi connectivity index (χ0) is 21.6. The van der Waals surface area contributed by atoms with Gasteiger partial charge in [-0.2, -0.15) is 0 Å². The number of hydrogen-bond donors (Lipinski definition) is 1. The van der Waals surface area contributed by atoms with E-state index in [1.165, 1.54) is 5.56 Å². The first kappa shape index (κ1) is 20.5. The van der Waals surface area contributed by atoms with Crippen LogP contribution in [-0.4, -0.2) is 28.5 Å². The Morgan fingerprint density at radius 3 is 2.55 bits per heavy atom. The zero-order valence-corrected chi connectivity index (χ0v) is 17.7. The van der Waals surface area contributed by atoms with Crippen molar-refractivity contribution in [3.05, 3.63) is 84.1 Å². The van der Waals surface area contributed by atoms with Gasteiger partial charge < -0.3 is 14.8 Å². The maximum Gasteiger partial charge on any atom is 0.325 e. The first-order chi connectivity index (χ1) is 15.2. The summed E-state index contributed by atoms with van der Waals surface area (Å²) in [7, 11) is 0. The smallest absolute Gasteiger partial charge is 0.325 e. The summed E-state index contributed by atoms with van der Waals surface area (Å²) in [5.41, 5.74) is 4.63. The summed E-state index contributed by atoms with van der Waals surface area (Å²) in [5.74, 6) is 1.07. The van der Waals surface area contributed by atoms with Gasteiger partial charge in [0.25, 0.3) is 0 Å². The molecule has 0 unspecified atom stereocenters. The fraction of sp³-hybridized carbons (Fsp3) is 0.200. The van der Waals surface area contributed by atoms with E-state index in [1.807, 2.05) is 84.3 Å². The predicted molar refractivity (Wildman–Crippen MR) is 121 cm³/mol. The van der Waals surface area contributed by atoms with Gasteiger partial charge in [-0.3, -0.25) is 9.20 Å². The van der Waals surface area contributed by atoms with E-state index < -0.39 is 0 Å². The second-order valence-corrected chi connectivity index (χ2v) is 7.17. The Morgan fingerprint density at radius 1 is 1.03 bits per heavy atom. The van der Waals surface area contributed by atoms with Crippen molar-refractivity contribution in [1.82, 2.24) is 9.38 Å². The van der Waals surface area contributed by atoms with Crippen LogP contribution in [0.15, 0.2) is 72.9 Å². The summed E-state index contributed by atoms with van der Waals surface area (Å²) in [6.45, 7) is 4.67. The average molecular weight is 415 g/mol. The highest BCUT2D eigenvalue weighted by Gasteiger charge is 2.18. The third-order valence-electron chi connectivity index (χ3n) is 4.88. The number of carbonyl (C=O) groups is 1. The molecule has 1 N–H and O–H groups in total. The summed E-state index contributed by atoms with van der Waals surface area (Å²) < 4.78 is 13.1. The molecule has 0 spiro atoms. The second-order valence-electron chi connectivity index (χ2n) is 7.17. The van der Waals surface area contributed by atoms with Gasteiger partial charge in [0.15, 0.2) is 11.4 Å². The standard InChI is InChI=1S/C25H25N3O3/c1-3-30-22(29)16-26-25-23(20-13-11-18(2)12-14-20)27-24-21(10-7-15-28(24)25)31-17-19-8-5-4-6-9-19/h4-15,26H,3,16-17H2,1-2H3. The lowest BCUT2D eigenvalue weighted by Crippen LogP contribution is -2.17. The third-order valence-corrected chi connectivity index (χ3v) is 4.88.